The fourth-order valence-corrected chi connectivity index (χ4v) is 4.02. The Balaban J connectivity index is 1.81. The van der Waals surface area contributed by atoms with E-state index < -0.39 is 35.2 Å². The van der Waals surface area contributed by atoms with Crippen LogP contribution >= 0.6 is 0 Å². The third-order valence-electron chi connectivity index (χ3n) is 5.73. The summed E-state index contributed by atoms with van der Waals surface area (Å²) in [4.78, 5) is 48.3. The molecule has 37 heavy (non-hydrogen) atoms. The summed E-state index contributed by atoms with van der Waals surface area (Å²) in [5.41, 5.74) is 7.77. The third-order valence-corrected chi connectivity index (χ3v) is 5.73. The van der Waals surface area contributed by atoms with Crippen LogP contribution in [0.1, 0.15) is 39.2 Å². The van der Waals surface area contributed by atoms with Gasteiger partial charge in [0.05, 0.1) is 11.5 Å². The fourth-order valence-electron chi connectivity index (χ4n) is 4.02. The molecule has 0 fully saturated rings. The summed E-state index contributed by atoms with van der Waals surface area (Å²) in [6.45, 7) is 8.41. The van der Waals surface area contributed by atoms with Crippen LogP contribution in [0.3, 0.4) is 0 Å². The maximum atomic E-state index is 15.4. The summed E-state index contributed by atoms with van der Waals surface area (Å²) in [6, 6.07) is 7.80. The Morgan fingerprint density at radius 2 is 1.92 bits per heavy atom. The number of amides is 2. The van der Waals surface area contributed by atoms with E-state index in [0.29, 0.717) is 22.5 Å². The molecule has 4 rings (SSSR count). The highest BCUT2D eigenvalue weighted by molar-refractivity contribution is 6.11. The molecule has 4 N–H and O–H groups in total. The van der Waals surface area contributed by atoms with Gasteiger partial charge < -0.3 is 16.0 Å². The number of carbonyl (C=O) groups is 3. The number of nitrogens with one attached hydrogen (secondary N) is 2. The molecule has 1 atom stereocenters. The molecule has 1 unspecified atom stereocenters. The average molecular weight is 501 g/mol. The number of rotatable bonds is 7. The van der Waals surface area contributed by atoms with E-state index in [1.165, 1.54) is 36.6 Å². The van der Waals surface area contributed by atoms with E-state index in [0.717, 1.165) is 0 Å². The number of nitrogens with two attached hydrogens (primary N) is 1. The van der Waals surface area contributed by atoms with Gasteiger partial charge in [0.25, 0.3) is 11.8 Å². The molecule has 1 aliphatic carbocycles. The predicted molar refractivity (Wildman–Crippen MR) is 135 cm³/mol. The van der Waals surface area contributed by atoms with Gasteiger partial charge in [-0.05, 0) is 36.8 Å². The topological polar surface area (TPSA) is 131 Å². The second-order valence-electron chi connectivity index (χ2n) is 8.16. The van der Waals surface area contributed by atoms with Crippen LogP contribution in [0.4, 0.5) is 14.5 Å². The van der Waals surface area contributed by atoms with E-state index >= 15 is 4.39 Å². The smallest absolute Gasteiger partial charge is 0.283 e. The first kappa shape index (κ1) is 25.1. The van der Waals surface area contributed by atoms with Gasteiger partial charge in [0, 0.05) is 34.4 Å². The largest absolute Gasteiger partial charge is 0.364 e. The van der Waals surface area contributed by atoms with Crippen molar-refractivity contribution in [2.45, 2.75) is 12.8 Å². The summed E-state index contributed by atoms with van der Waals surface area (Å²) in [5, 5.41) is 2.34. The number of H-pyrrole nitrogens is 1. The number of benzene rings is 1. The van der Waals surface area contributed by atoms with Gasteiger partial charge in [0.2, 0.25) is 5.78 Å². The molecular formula is C27H21F2N5O3. The van der Waals surface area contributed by atoms with E-state index in [1.807, 2.05) is 0 Å². The zero-order valence-corrected chi connectivity index (χ0v) is 19.6. The molecule has 1 aliphatic rings. The standard InChI is InChI=1S/C27H21F2N5O3/c1-4-19-20(15-5-7-16(8-6-15)33-27(37)14(3)28)21(23(34-19)25(30)36)17-9-10-18(22(29)24(17)35)26-31-12-11-13(2)32-26/h4-12,17,34H,1,3H2,2H3,(H2,30,36)(H,33,37). The van der Waals surface area contributed by atoms with Crippen LogP contribution in [-0.2, 0) is 9.59 Å². The predicted octanol–water partition coefficient (Wildman–Crippen LogP) is 4.55. The van der Waals surface area contributed by atoms with Crippen LogP contribution in [-0.4, -0.2) is 32.5 Å². The van der Waals surface area contributed by atoms with Crippen molar-refractivity contribution in [3.63, 3.8) is 0 Å². The molecule has 186 valence electrons. The quantitative estimate of drug-likeness (QED) is 0.409. The lowest BCUT2D eigenvalue weighted by molar-refractivity contribution is -0.117. The highest BCUT2D eigenvalue weighted by Gasteiger charge is 2.35. The van der Waals surface area contributed by atoms with Gasteiger partial charge in [-0.3, -0.25) is 14.4 Å². The van der Waals surface area contributed by atoms with Crippen LogP contribution in [0, 0.1) is 6.92 Å². The van der Waals surface area contributed by atoms with Crippen LogP contribution in [0.2, 0.25) is 0 Å². The Kier molecular flexibility index (Phi) is 6.75. The summed E-state index contributed by atoms with van der Waals surface area (Å²) >= 11 is 0. The normalized spacial score (nSPS) is 15.0. The second kappa shape index (κ2) is 9.94. The Bertz CT molecular complexity index is 1530. The molecule has 2 amide bonds. The van der Waals surface area contributed by atoms with Crippen LogP contribution in [0.15, 0.2) is 73.5 Å². The van der Waals surface area contributed by atoms with Crippen molar-refractivity contribution >= 4 is 34.9 Å². The van der Waals surface area contributed by atoms with Crippen molar-refractivity contribution in [1.82, 2.24) is 15.0 Å². The number of primary amides is 1. The molecule has 10 heteroatoms. The van der Waals surface area contributed by atoms with Crippen molar-refractivity contribution < 1.29 is 23.2 Å². The third kappa shape index (κ3) is 4.76. The lowest BCUT2D eigenvalue weighted by Crippen LogP contribution is -2.21. The summed E-state index contributed by atoms with van der Waals surface area (Å²) in [5.74, 6) is -6.07. The molecular weight excluding hydrogens is 480 g/mol. The van der Waals surface area contributed by atoms with Crippen molar-refractivity contribution in [2.24, 2.45) is 5.73 Å². The number of allylic oxidation sites excluding steroid dienone is 4. The van der Waals surface area contributed by atoms with Crippen LogP contribution in [0.25, 0.3) is 22.8 Å². The number of hydrogen-bond acceptors (Lipinski definition) is 5. The number of nitrogens with zero attached hydrogens (tertiary/aromatic N) is 2. The minimum atomic E-state index is -1.19. The average Bonchev–Trinajstić information content (AvgIpc) is 3.26. The van der Waals surface area contributed by atoms with E-state index in [-0.39, 0.29) is 28.3 Å². The van der Waals surface area contributed by atoms with Crippen molar-refractivity contribution in [3.8, 4) is 11.1 Å². The molecule has 2 aromatic heterocycles. The monoisotopic (exact) mass is 501 g/mol. The van der Waals surface area contributed by atoms with Gasteiger partial charge in [-0.25, -0.2) is 18.7 Å². The first-order valence-corrected chi connectivity index (χ1v) is 11.0. The lowest BCUT2D eigenvalue weighted by Gasteiger charge is -2.19. The molecule has 0 bridgehead atoms. The molecule has 0 aliphatic heterocycles. The SMILES string of the molecule is C=Cc1[nH]c(C(N)=O)c(C2C=CC(c3nccc(C)n3)=C(F)C2=O)c1-c1ccc(NC(=O)C(=C)F)cc1. The number of hydrogen-bond donors (Lipinski definition) is 3. The van der Waals surface area contributed by atoms with Gasteiger partial charge in [-0.15, -0.1) is 0 Å². The molecule has 1 aromatic carbocycles. The van der Waals surface area contributed by atoms with Gasteiger partial charge in [-0.1, -0.05) is 37.4 Å². The number of aromatic amines is 1. The van der Waals surface area contributed by atoms with Crippen molar-refractivity contribution in [1.29, 1.82) is 0 Å². The van der Waals surface area contributed by atoms with Crippen LogP contribution in [0.5, 0.6) is 0 Å². The minimum absolute atomic E-state index is 0.0605. The highest BCUT2D eigenvalue weighted by Crippen LogP contribution is 2.41. The number of Topliss-reactive ketones (excluding diaryl/α,β-unsaturated/α-hetero) is 1. The first-order chi connectivity index (χ1) is 17.6. The number of ketones is 1. The number of aryl methyl sites for hydroxylation is 1. The second-order valence-corrected chi connectivity index (χ2v) is 8.16. The molecule has 0 saturated carbocycles. The van der Waals surface area contributed by atoms with Crippen molar-refractivity contribution in [3.05, 3.63) is 102 Å². The van der Waals surface area contributed by atoms with E-state index in [1.54, 1.807) is 25.1 Å². The van der Waals surface area contributed by atoms with Gasteiger partial charge in [0.15, 0.2) is 17.5 Å². The van der Waals surface area contributed by atoms with E-state index in [2.05, 4.69) is 33.4 Å². The first-order valence-electron chi connectivity index (χ1n) is 11.0. The summed E-state index contributed by atoms with van der Waals surface area (Å²) in [6.07, 6.45) is 5.75. The number of anilines is 1. The number of halogens is 2. The fraction of sp³-hybridized carbons (Fsp3) is 0.0741. The van der Waals surface area contributed by atoms with Gasteiger partial charge in [-0.2, -0.15) is 0 Å². The summed E-state index contributed by atoms with van der Waals surface area (Å²) < 4.78 is 28.4. The lowest BCUT2D eigenvalue weighted by atomic mass is 9.83. The number of aromatic nitrogens is 3. The maximum Gasteiger partial charge on any atom is 0.283 e. The highest BCUT2D eigenvalue weighted by atomic mass is 19.1. The zero-order chi connectivity index (χ0) is 26.9. The Morgan fingerprint density at radius 1 is 1.22 bits per heavy atom. The minimum Gasteiger partial charge on any atom is -0.364 e. The molecule has 0 radical (unpaired) electrons. The zero-order valence-electron chi connectivity index (χ0n) is 19.6. The van der Waals surface area contributed by atoms with E-state index in [4.69, 9.17) is 5.73 Å². The molecule has 8 nitrogen and oxygen atoms in total. The Labute approximate surface area is 210 Å². The van der Waals surface area contributed by atoms with Crippen molar-refractivity contribution in [2.75, 3.05) is 5.32 Å². The molecule has 0 saturated heterocycles. The Hall–Kier alpha value is -4.99. The van der Waals surface area contributed by atoms with E-state index in [9.17, 15) is 18.8 Å². The van der Waals surface area contributed by atoms with Crippen LogP contribution < -0.4 is 11.1 Å². The van der Waals surface area contributed by atoms with Gasteiger partial charge in [0.1, 0.15) is 5.69 Å². The molecule has 2 heterocycles. The number of carbonyl (C=O) groups excluding carboxylic acids is 3. The Morgan fingerprint density at radius 3 is 2.51 bits per heavy atom. The summed E-state index contributed by atoms with van der Waals surface area (Å²) in [7, 11) is 0. The van der Waals surface area contributed by atoms with Gasteiger partial charge >= 0.3 is 0 Å². The molecule has 0 spiro atoms. The maximum absolute atomic E-state index is 15.4. The molecule has 3 aromatic rings.